The van der Waals surface area contributed by atoms with Crippen LogP contribution in [0.3, 0.4) is 0 Å². The largest absolute Gasteiger partial charge is 0.313 e. The van der Waals surface area contributed by atoms with Gasteiger partial charge >= 0.3 is 0 Å². The van der Waals surface area contributed by atoms with Gasteiger partial charge in [0.2, 0.25) is 10.0 Å². The monoisotopic (exact) mass is 292 g/mol. The fraction of sp³-hybridized carbons (Fsp3) is 0.455. The van der Waals surface area contributed by atoms with Crippen molar-refractivity contribution >= 4 is 21.6 Å². The van der Waals surface area contributed by atoms with E-state index in [1.165, 1.54) is 0 Å². The maximum atomic E-state index is 12.8. The summed E-state index contributed by atoms with van der Waals surface area (Å²) in [5.74, 6) is -0.561. The van der Waals surface area contributed by atoms with Gasteiger partial charge < -0.3 is 5.32 Å². The minimum absolute atomic E-state index is 0.100. The molecule has 0 saturated heterocycles. The van der Waals surface area contributed by atoms with Crippen molar-refractivity contribution in [3.8, 4) is 0 Å². The summed E-state index contributed by atoms with van der Waals surface area (Å²) in [6.45, 7) is 0.856. The van der Waals surface area contributed by atoms with Gasteiger partial charge in [-0.05, 0) is 31.0 Å². The molecule has 4 nitrogen and oxygen atoms in total. The lowest BCUT2D eigenvalue weighted by molar-refractivity contribution is 0.574. The number of halogens is 2. The van der Waals surface area contributed by atoms with Gasteiger partial charge in [-0.1, -0.05) is 11.6 Å². The number of rotatable bonds is 6. The molecule has 0 unspecified atom stereocenters. The van der Waals surface area contributed by atoms with Crippen LogP contribution in [0.15, 0.2) is 23.1 Å². The molecule has 0 spiro atoms. The Bertz CT molecular complexity index is 532. The Labute approximate surface area is 111 Å². The molecule has 1 aromatic rings. The fourth-order valence-electron chi connectivity index (χ4n) is 1.52. The average Bonchev–Trinajstić information content (AvgIpc) is 3.07. The fourth-order valence-corrected chi connectivity index (χ4v) is 3.08. The Morgan fingerprint density at radius 2 is 2.06 bits per heavy atom. The number of sulfonamides is 1. The SMILES string of the molecule is O=S(=O)(NCCNC1CC1)c1ccc(F)cc1Cl. The highest BCUT2D eigenvalue weighted by Gasteiger charge is 2.21. The van der Waals surface area contributed by atoms with Gasteiger partial charge in [0.1, 0.15) is 10.7 Å². The Hall–Kier alpha value is -0.690. The molecule has 0 radical (unpaired) electrons. The van der Waals surface area contributed by atoms with E-state index < -0.39 is 15.8 Å². The van der Waals surface area contributed by atoms with Crippen molar-refractivity contribution < 1.29 is 12.8 Å². The van der Waals surface area contributed by atoms with Gasteiger partial charge in [-0.3, -0.25) is 0 Å². The maximum absolute atomic E-state index is 12.8. The molecule has 2 N–H and O–H groups in total. The van der Waals surface area contributed by atoms with E-state index in [1.807, 2.05) is 0 Å². The van der Waals surface area contributed by atoms with E-state index in [0.29, 0.717) is 12.6 Å². The lowest BCUT2D eigenvalue weighted by atomic mass is 10.3. The molecule has 0 atom stereocenters. The summed E-state index contributed by atoms with van der Waals surface area (Å²) in [4.78, 5) is -0.100. The predicted octanol–water partition coefficient (Wildman–Crippen LogP) is 1.51. The van der Waals surface area contributed by atoms with E-state index in [0.717, 1.165) is 31.0 Å². The molecule has 0 amide bonds. The molecule has 7 heteroatoms. The summed E-state index contributed by atoms with van der Waals surface area (Å²) < 4.78 is 39.0. The quantitative estimate of drug-likeness (QED) is 0.782. The van der Waals surface area contributed by atoms with Crippen LogP contribution in [-0.2, 0) is 10.0 Å². The molecule has 1 fully saturated rings. The minimum atomic E-state index is -3.67. The molecule has 1 aliphatic rings. The lowest BCUT2D eigenvalue weighted by Gasteiger charge is -2.08. The van der Waals surface area contributed by atoms with E-state index in [4.69, 9.17) is 11.6 Å². The van der Waals surface area contributed by atoms with E-state index in [2.05, 4.69) is 10.0 Å². The molecule has 1 aliphatic carbocycles. The number of nitrogens with one attached hydrogen (secondary N) is 2. The van der Waals surface area contributed by atoms with Crippen LogP contribution in [0, 0.1) is 5.82 Å². The van der Waals surface area contributed by atoms with Gasteiger partial charge in [-0.15, -0.1) is 0 Å². The molecule has 0 aromatic heterocycles. The van der Waals surface area contributed by atoms with Crippen molar-refractivity contribution in [2.45, 2.75) is 23.8 Å². The Balaban J connectivity index is 1.95. The van der Waals surface area contributed by atoms with Crippen LogP contribution in [0.5, 0.6) is 0 Å². The normalized spacial score (nSPS) is 15.9. The molecule has 1 aromatic carbocycles. The molecule has 18 heavy (non-hydrogen) atoms. The van der Waals surface area contributed by atoms with Gasteiger partial charge in [-0.2, -0.15) is 0 Å². The molecule has 0 heterocycles. The molecule has 1 saturated carbocycles. The summed E-state index contributed by atoms with van der Waals surface area (Å²) in [5.41, 5.74) is 0. The third-order valence-corrected chi connectivity index (χ3v) is 4.55. The van der Waals surface area contributed by atoms with Crippen LogP contribution in [-0.4, -0.2) is 27.5 Å². The first kappa shape index (κ1) is 13.7. The van der Waals surface area contributed by atoms with Crippen molar-refractivity contribution in [3.63, 3.8) is 0 Å². The highest BCUT2D eigenvalue weighted by molar-refractivity contribution is 7.89. The second kappa shape index (κ2) is 5.52. The first-order valence-corrected chi connectivity index (χ1v) is 7.53. The van der Waals surface area contributed by atoms with E-state index in [9.17, 15) is 12.8 Å². The highest BCUT2D eigenvalue weighted by atomic mass is 35.5. The van der Waals surface area contributed by atoms with Gasteiger partial charge in [0.25, 0.3) is 0 Å². The summed E-state index contributed by atoms with van der Waals surface area (Å²) >= 11 is 5.71. The van der Waals surface area contributed by atoms with Crippen LogP contribution >= 0.6 is 11.6 Å². The summed E-state index contributed by atoms with van der Waals surface area (Å²) in [5, 5.41) is 3.07. The van der Waals surface area contributed by atoms with Crippen LogP contribution in [0.1, 0.15) is 12.8 Å². The zero-order chi connectivity index (χ0) is 13.2. The Kier molecular flexibility index (Phi) is 4.21. The second-order valence-corrected chi connectivity index (χ2v) is 6.34. The number of benzene rings is 1. The summed E-state index contributed by atoms with van der Waals surface area (Å²) in [6, 6.07) is 3.75. The van der Waals surface area contributed by atoms with Gasteiger partial charge in [0.15, 0.2) is 0 Å². The van der Waals surface area contributed by atoms with Gasteiger partial charge in [0, 0.05) is 19.1 Å². The second-order valence-electron chi connectivity index (χ2n) is 4.20. The molecular formula is C11H14ClFN2O2S. The average molecular weight is 293 g/mol. The Morgan fingerprint density at radius 3 is 2.67 bits per heavy atom. The summed E-state index contributed by atoms with van der Waals surface area (Å²) in [7, 11) is -3.67. The lowest BCUT2D eigenvalue weighted by Crippen LogP contribution is -2.32. The molecular weight excluding hydrogens is 279 g/mol. The third kappa shape index (κ3) is 3.65. The maximum Gasteiger partial charge on any atom is 0.242 e. The van der Waals surface area contributed by atoms with Crippen LogP contribution in [0.25, 0.3) is 0 Å². The van der Waals surface area contributed by atoms with Gasteiger partial charge in [-0.25, -0.2) is 17.5 Å². The number of hydrogen-bond donors (Lipinski definition) is 2. The van der Waals surface area contributed by atoms with Crippen molar-refractivity contribution in [1.82, 2.24) is 10.0 Å². The highest BCUT2D eigenvalue weighted by Crippen LogP contribution is 2.22. The zero-order valence-electron chi connectivity index (χ0n) is 9.62. The van der Waals surface area contributed by atoms with E-state index >= 15 is 0 Å². The standard InChI is InChI=1S/C11H14ClFN2O2S/c12-10-7-8(13)1-4-11(10)18(16,17)15-6-5-14-9-2-3-9/h1,4,7,9,14-15H,2-3,5-6H2. The molecule has 100 valence electrons. The smallest absolute Gasteiger partial charge is 0.242 e. The third-order valence-electron chi connectivity index (χ3n) is 2.61. The van der Waals surface area contributed by atoms with Gasteiger partial charge in [0.05, 0.1) is 5.02 Å². The van der Waals surface area contributed by atoms with Crippen LogP contribution < -0.4 is 10.0 Å². The van der Waals surface area contributed by atoms with Crippen LogP contribution in [0.2, 0.25) is 5.02 Å². The molecule has 0 aliphatic heterocycles. The van der Waals surface area contributed by atoms with E-state index in [-0.39, 0.29) is 16.5 Å². The van der Waals surface area contributed by atoms with Crippen molar-refractivity contribution in [1.29, 1.82) is 0 Å². The van der Waals surface area contributed by atoms with Crippen molar-refractivity contribution in [3.05, 3.63) is 29.0 Å². The van der Waals surface area contributed by atoms with Crippen molar-refractivity contribution in [2.75, 3.05) is 13.1 Å². The number of hydrogen-bond acceptors (Lipinski definition) is 3. The van der Waals surface area contributed by atoms with Crippen LogP contribution in [0.4, 0.5) is 4.39 Å². The minimum Gasteiger partial charge on any atom is -0.313 e. The topological polar surface area (TPSA) is 58.2 Å². The predicted molar refractivity (Wildman–Crippen MR) is 67.6 cm³/mol. The summed E-state index contributed by atoms with van der Waals surface area (Å²) in [6.07, 6.45) is 2.30. The molecule has 0 bridgehead atoms. The molecule has 2 rings (SSSR count). The first-order chi connectivity index (χ1) is 8.49. The van der Waals surface area contributed by atoms with Crippen molar-refractivity contribution in [2.24, 2.45) is 0 Å². The Morgan fingerprint density at radius 1 is 1.33 bits per heavy atom. The van der Waals surface area contributed by atoms with E-state index in [1.54, 1.807) is 0 Å². The zero-order valence-corrected chi connectivity index (χ0v) is 11.2. The first-order valence-electron chi connectivity index (χ1n) is 5.67.